The normalized spacial score (nSPS) is 10.5. The molecule has 106 valence electrons. The van der Waals surface area contributed by atoms with Crippen molar-refractivity contribution in [3.8, 4) is 11.6 Å². The second-order valence-corrected chi connectivity index (χ2v) is 4.56. The van der Waals surface area contributed by atoms with Crippen molar-refractivity contribution in [1.29, 1.82) is 0 Å². The van der Waals surface area contributed by atoms with E-state index < -0.39 is 0 Å². The Kier molecular flexibility index (Phi) is 4.40. The summed E-state index contributed by atoms with van der Waals surface area (Å²) in [5, 5.41) is 0. The van der Waals surface area contributed by atoms with Crippen LogP contribution in [0.1, 0.15) is 25.8 Å². The average molecular weight is 273 g/mol. The van der Waals surface area contributed by atoms with Crippen molar-refractivity contribution in [2.24, 2.45) is 0 Å². The molecule has 5 nitrogen and oxygen atoms in total. The van der Waals surface area contributed by atoms with E-state index >= 15 is 0 Å². The van der Waals surface area contributed by atoms with Gasteiger partial charge in [-0.25, -0.2) is 4.98 Å². The third kappa shape index (κ3) is 2.99. The summed E-state index contributed by atoms with van der Waals surface area (Å²) in [7, 11) is 0. The van der Waals surface area contributed by atoms with Crippen molar-refractivity contribution < 1.29 is 4.74 Å². The fourth-order valence-electron chi connectivity index (χ4n) is 1.93. The van der Waals surface area contributed by atoms with E-state index in [1.54, 1.807) is 23.0 Å². The van der Waals surface area contributed by atoms with Crippen LogP contribution in [0.3, 0.4) is 0 Å². The molecule has 0 atom stereocenters. The second kappa shape index (κ2) is 6.23. The summed E-state index contributed by atoms with van der Waals surface area (Å²) in [6.07, 6.45) is 4.99. The number of aromatic nitrogens is 2. The average Bonchev–Trinajstić information content (AvgIpc) is 2.45. The van der Waals surface area contributed by atoms with Crippen molar-refractivity contribution in [2.45, 2.75) is 33.2 Å². The van der Waals surface area contributed by atoms with Gasteiger partial charge >= 0.3 is 5.56 Å². The molecular formula is C15H19N3O2. The summed E-state index contributed by atoms with van der Waals surface area (Å²) >= 11 is 0. The fraction of sp³-hybridized carbons (Fsp3) is 0.333. The van der Waals surface area contributed by atoms with Crippen LogP contribution in [0.4, 0.5) is 5.69 Å². The topological polar surface area (TPSA) is 70.1 Å². The number of nitrogen functional groups attached to an aromatic ring is 1. The molecule has 0 aliphatic carbocycles. The van der Waals surface area contributed by atoms with Crippen LogP contribution in [0, 0.1) is 0 Å². The van der Waals surface area contributed by atoms with Gasteiger partial charge in [0.1, 0.15) is 0 Å². The predicted molar refractivity (Wildman–Crippen MR) is 79.1 cm³/mol. The molecule has 0 fully saturated rings. The third-order valence-electron chi connectivity index (χ3n) is 3.04. The molecule has 0 spiro atoms. The molecule has 20 heavy (non-hydrogen) atoms. The Morgan fingerprint density at radius 3 is 2.80 bits per heavy atom. The zero-order valence-electron chi connectivity index (χ0n) is 11.8. The second-order valence-electron chi connectivity index (χ2n) is 4.56. The summed E-state index contributed by atoms with van der Waals surface area (Å²) < 4.78 is 7.14. The Hall–Kier alpha value is -2.30. The van der Waals surface area contributed by atoms with Crippen LogP contribution < -0.4 is 16.0 Å². The van der Waals surface area contributed by atoms with E-state index in [1.165, 1.54) is 0 Å². The van der Waals surface area contributed by atoms with Gasteiger partial charge in [-0.05, 0) is 30.5 Å². The molecule has 0 radical (unpaired) electrons. The van der Waals surface area contributed by atoms with E-state index in [0.29, 0.717) is 18.0 Å². The molecule has 1 heterocycles. The van der Waals surface area contributed by atoms with Crippen LogP contribution in [0.25, 0.3) is 0 Å². The Morgan fingerprint density at radius 1 is 1.35 bits per heavy atom. The maximum atomic E-state index is 12.1. The number of hydrogen-bond acceptors (Lipinski definition) is 4. The minimum Gasteiger partial charge on any atom is -0.432 e. The first-order chi connectivity index (χ1) is 9.65. The molecule has 0 saturated heterocycles. The zero-order valence-corrected chi connectivity index (χ0v) is 11.8. The first-order valence-corrected chi connectivity index (χ1v) is 6.77. The monoisotopic (exact) mass is 273 g/mol. The van der Waals surface area contributed by atoms with E-state index in [9.17, 15) is 4.79 Å². The Morgan fingerprint density at radius 2 is 2.15 bits per heavy atom. The van der Waals surface area contributed by atoms with Crippen molar-refractivity contribution >= 4 is 5.69 Å². The largest absolute Gasteiger partial charge is 0.432 e. The predicted octanol–water partition coefficient (Wildman–Crippen LogP) is 2.59. The highest BCUT2D eigenvalue weighted by Crippen LogP contribution is 2.25. The van der Waals surface area contributed by atoms with Crippen molar-refractivity contribution in [3.63, 3.8) is 0 Å². The summed E-state index contributed by atoms with van der Waals surface area (Å²) in [6.45, 7) is 4.70. The molecule has 0 bridgehead atoms. The van der Waals surface area contributed by atoms with Gasteiger partial charge in [0.05, 0.1) is 5.69 Å². The molecule has 0 saturated carbocycles. The quantitative estimate of drug-likeness (QED) is 0.850. The number of hydrogen-bond donors (Lipinski definition) is 1. The number of ether oxygens (including phenoxy) is 1. The number of aryl methyl sites for hydroxylation is 2. The van der Waals surface area contributed by atoms with Gasteiger partial charge in [0.25, 0.3) is 5.88 Å². The van der Waals surface area contributed by atoms with Crippen molar-refractivity contribution in [3.05, 3.63) is 46.5 Å². The molecule has 1 aromatic carbocycles. The van der Waals surface area contributed by atoms with E-state index in [1.807, 2.05) is 19.1 Å². The summed E-state index contributed by atoms with van der Waals surface area (Å²) in [6, 6.07) is 5.55. The van der Waals surface area contributed by atoms with Gasteiger partial charge in [-0.15, -0.1) is 0 Å². The van der Waals surface area contributed by atoms with Gasteiger partial charge in [0, 0.05) is 18.9 Å². The van der Waals surface area contributed by atoms with Gasteiger partial charge in [0.15, 0.2) is 5.75 Å². The standard InChI is InChI=1S/C15H19N3O2/c1-3-8-18-9-7-17-14(15(18)19)20-13-6-5-11(4-2)10-12(13)16/h5-7,9-10H,3-4,8,16H2,1-2H3. The molecule has 1 aromatic heterocycles. The molecule has 2 aromatic rings. The van der Waals surface area contributed by atoms with Gasteiger partial charge in [0.2, 0.25) is 0 Å². The zero-order chi connectivity index (χ0) is 14.5. The Labute approximate surface area is 118 Å². The Bertz CT molecular complexity index is 650. The highest BCUT2D eigenvalue weighted by molar-refractivity contribution is 5.55. The van der Waals surface area contributed by atoms with Crippen LogP contribution in [0.5, 0.6) is 11.6 Å². The minimum absolute atomic E-state index is 0.0527. The van der Waals surface area contributed by atoms with Gasteiger partial charge in [-0.1, -0.05) is 19.9 Å². The van der Waals surface area contributed by atoms with Crippen LogP contribution in [-0.2, 0) is 13.0 Å². The number of benzene rings is 1. The van der Waals surface area contributed by atoms with E-state index in [4.69, 9.17) is 10.5 Å². The van der Waals surface area contributed by atoms with E-state index in [0.717, 1.165) is 18.4 Å². The van der Waals surface area contributed by atoms with Gasteiger partial charge < -0.3 is 15.0 Å². The lowest BCUT2D eigenvalue weighted by Crippen LogP contribution is -2.21. The van der Waals surface area contributed by atoms with Crippen molar-refractivity contribution in [2.75, 3.05) is 5.73 Å². The number of nitrogens with two attached hydrogens (primary N) is 1. The third-order valence-corrected chi connectivity index (χ3v) is 3.04. The van der Waals surface area contributed by atoms with E-state index in [2.05, 4.69) is 11.9 Å². The molecule has 2 N–H and O–H groups in total. The SMILES string of the molecule is CCCn1ccnc(Oc2ccc(CC)cc2N)c1=O. The van der Waals surface area contributed by atoms with Crippen molar-refractivity contribution in [1.82, 2.24) is 9.55 Å². The summed E-state index contributed by atoms with van der Waals surface area (Å²) in [5.41, 5.74) is 7.32. The first kappa shape index (κ1) is 14.1. The van der Waals surface area contributed by atoms with E-state index in [-0.39, 0.29) is 11.4 Å². The maximum absolute atomic E-state index is 12.1. The summed E-state index contributed by atoms with van der Waals surface area (Å²) in [5.74, 6) is 0.512. The number of nitrogens with zero attached hydrogens (tertiary/aromatic N) is 2. The molecule has 0 aliphatic heterocycles. The van der Waals surface area contributed by atoms with Crippen LogP contribution in [0.2, 0.25) is 0 Å². The molecule has 0 amide bonds. The fourth-order valence-corrected chi connectivity index (χ4v) is 1.93. The number of rotatable bonds is 5. The molecule has 2 rings (SSSR count). The molecule has 0 aliphatic rings. The number of anilines is 1. The lowest BCUT2D eigenvalue weighted by Gasteiger charge is -2.10. The van der Waals surface area contributed by atoms with Gasteiger partial charge in [-0.2, -0.15) is 0 Å². The van der Waals surface area contributed by atoms with Gasteiger partial charge in [-0.3, -0.25) is 4.79 Å². The first-order valence-electron chi connectivity index (χ1n) is 6.77. The smallest absolute Gasteiger partial charge is 0.313 e. The highest BCUT2D eigenvalue weighted by Gasteiger charge is 2.09. The lowest BCUT2D eigenvalue weighted by molar-refractivity contribution is 0.445. The lowest BCUT2D eigenvalue weighted by atomic mass is 10.1. The molecular weight excluding hydrogens is 254 g/mol. The van der Waals surface area contributed by atoms with Crippen LogP contribution in [0.15, 0.2) is 35.4 Å². The summed E-state index contributed by atoms with van der Waals surface area (Å²) in [4.78, 5) is 16.1. The molecule has 0 unspecified atom stereocenters. The minimum atomic E-state index is -0.242. The Balaban J connectivity index is 2.30. The maximum Gasteiger partial charge on any atom is 0.313 e. The molecule has 5 heteroatoms. The van der Waals surface area contributed by atoms with Crippen LogP contribution in [-0.4, -0.2) is 9.55 Å². The van der Waals surface area contributed by atoms with Crippen LogP contribution >= 0.6 is 0 Å². The highest BCUT2D eigenvalue weighted by atomic mass is 16.5.